The lowest BCUT2D eigenvalue weighted by molar-refractivity contribution is 0.0409. The summed E-state index contributed by atoms with van der Waals surface area (Å²) in [7, 11) is 0. The maximum atomic E-state index is 3.60. The Morgan fingerprint density at radius 1 is 0.935 bits per heavy atom. The molecule has 0 spiro atoms. The Bertz CT molecular complexity index is 634. The lowest BCUT2D eigenvalue weighted by Gasteiger charge is -2.47. The zero-order valence-electron chi connectivity index (χ0n) is 21.3. The van der Waals surface area contributed by atoms with Crippen LogP contribution < -0.4 is 5.32 Å². The van der Waals surface area contributed by atoms with Gasteiger partial charge >= 0.3 is 0 Å². The molecule has 0 aliphatic heterocycles. The average molecular weight is 426 g/mol. The quantitative estimate of drug-likeness (QED) is 0.348. The van der Waals surface area contributed by atoms with Crippen molar-refractivity contribution in [3.05, 3.63) is 29.3 Å². The van der Waals surface area contributed by atoms with E-state index in [9.17, 15) is 0 Å². The first kappa shape index (κ1) is 24.7. The van der Waals surface area contributed by atoms with Crippen molar-refractivity contribution >= 4 is 5.69 Å². The highest BCUT2D eigenvalue weighted by Crippen LogP contribution is 2.53. The van der Waals surface area contributed by atoms with Crippen LogP contribution in [0.3, 0.4) is 0 Å². The molecule has 31 heavy (non-hydrogen) atoms. The van der Waals surface area contributed by atoms with Crippen LogP contribution >= 0.6 is 0 Å². The number of rotatable bonds is 11. The number of unbranched alkanes of at least 4 members (excludes halogenated alkanes) is 3. The summed E-state index contributed by atoms with van der Waals surface area (Å²) in [6.45, 7) is 10.5. The summed E-state index contributed by atoms with van der Waals surface area (Å²) in [5.41, 5.74) is 5.10. The minimum atomic E-state index is 0.702. The molecule has 2 saturated carbocycles. The van der Waals surface area contributed by atoms with Crippen LogP contribution in [-0.4, -0.2) is 6.54 Å². The van der Waals surface area contributed by atoms with E-state index < -0.39 is 0 Å². The predicted molar refractivity (Wildman–Crippen MR) is 138 cm³/mol. The molecule has 1 atom stereocenters. The number of nitrogens with one attached hydrogen (secondary N) is 1. The Hall–Kier alpha value is -0.980. The Morgan fingerprint density at radius 2 is 1.65 bits per heavy atom. The van der Waals surface area contributed by atoms with Gasteiger partial charge in [-0.1, -0.05) is 71.8 Å². The molecule has 1 heteroatoms. The molecule has 2 aliphatic rings. The first-order valence-electron chi connectivity index (χ1n) is 13.9. The lowest BCUT2D eigenvalue weighted by atomic mass is 9.58. The maximum Gasteiger partial charge on any atom is 0.0343 e. The first-order chi connectivity index (χ1) is 15.1. The van der Waals surface area contributed by atoms with Crippen molar-refractivity contribution in [3.63, 3.8) is 0 Å². The molecule has 0 aromatic heterocycles. The van der Waals surface area contributed by atoms with Gasteiger partial charge in [0.25, 0.3) is 0 Å². The van der Waals surface area contributed by atoms with Crippen molar-refractivity contribution in [1.82, 2.24) is 0 Å². The maximum absolute atomic E-state index is 3.60. The van der Waals surface area contributed by atoms with Gasteiger partial charge in [0.15, 0.2) is 0 Å². The number of benzene rings is 1. The Kier molecular flexibility index (Phi) is 9.79. The minimum absolute atomic E-state index is 0.702. The fourth-order valence-corrected chi connectivity index (χ4v) is 7.04. The van der Waals surface area contributed by atoms with Gasteiger partial charge in [0, 0.05) is 12.2 Å². The molecular formula is C30H51N. The van der Waals surface area contributed by atoms with Crippen molar-refractivity contribution in [2.45, 2.75) is 130 Å². The van der Waals surface area contributed by atoms with Gasteiger partial charge in [-0.05, 0) is 105 Å². The molecule has 0 amide bonds. The van der Waals surface area contributed by atoms with Crippen LogP contribution in [0.15, 0.2) is 18.2 Å². The van der Waals surface area contributed by atoms with E-state index in [0.29, 0.717) is 11.3 Å². The summed E-state index contributed by atoms with van der Waals surface area (Å²) >= 11 is 0. The molecule has 3 rings (SSSR count). The van der Waals surface area contributed by atoms with E-state index >= 15 is 0 Å². The average Bonchev–Trinajstić information content (AvgIpc) is 2.80. The van der Waals surface area contributed by atoms with E-state index in [0.717, 1.165) is 18.4 Å². The van der Waals surface area contributed by atoms with Crippen LogP contribution in [0.2, 0.25) is 0 Å². The zero-order valence-corrected chi connectivity index (χ0v) is 21.3. The number of aryl methyl sites for hydroxylation is 1. The summed E-state index contributed by atoms with van der Waals surface area (Å²) < 4.78 is 0. The van der Waals surface area contributed by atoms with Crippen molar-refractivity contribution in [2.24, 2.45) is 17.3 Å². The Morgan fingerprint density at radius 3 is 2.29 bits per heavy atom. The third kappa shape index (κ3) is 6.52. The van der Waals surface area contributed by atoms with Gasteiger partial charge < -0.3 is 5.32 Å². The van der Waals surface area contributed by atoms with Gasteiger partial charge in [0.2, 0.25) is 0 Å². The molecule has 1 aromatic carbocycles. The first-order valence-corrected chi connectivity index (χ1v) is 13.9. The molecular weight excluding hydrogens is 374 g/mol. The summed E-state index contributed by atoms with van der Waals surface area (Å²) in [6, 6.07) is 7.14. The molecule has 0 bridgehead atoms. The summed E-state index contributed by atoms with van der Waals surface area (Å²) in [5, 5.41) is 3.60. The fourth-order valence-electron chi connectivity index (χ4n) is 7.04. The van der Waals surface area contributed by atoms with Crippen molar-refractivity contribution in [3.8, 4) is 0 Å². The van der Waals surface area contributed by atoms with Crippen LogP contribution in [0.5, 0.6) is 0 Å². The SMILES string of the molecule is CCCCCC1(C2CCC(C(C)c3ccc(NCCCC)cc3C)CC2)CCCCC1. The van der Waals surface area contributed by atoms with Gasteiger partial charge in [-0.3, -0.25) is 0 Å². The smallest absolute Gasteiger partial charge is 0.0343 e. The summed E-state index contributed by atoms with van der Waals surface area (Å²) in [4.78, 5) is 0. The van der Waals surface area contributed by atoms with Crippen molar-refractivity contribution in [2.75, 3.05) is 11.9 Å². The standard InChI is InChI=1S/C30H51N/c1-5-7-10-19-30(20-11-9-12-21-30)27-15-13-26(14-16-27)25(4)29-18-17-28(23-24(29)3)31-22-8-6-2/h17-18,23,25-27,31H,5-16,19-22H2,1-4H3. The Labute approximate surface area is 194 Å². The highest BCUT2D eigenvalue weighted by atomic mass is 14.9. The van der Waals surface area contributed by atoms with Gasteiger partial charge in [0.05, 0.1) is 0 Å². The van der Waals surface area contributed by atoms with E-state index in [1.54, 1.807) is 5.56 Å². The normalized spacial score (nSPS) is 24.6. The molecule has 1 aromatic rings. The van der Waals surface area contributed by atoms with Crippen LogP contribution in [0.4, 0.5) is 5.69 Å². The topological polar surface area (TPSA) is 12.0 Å². The third-order valence-corrected chi connectivity index (χ3v) is 9.09. The largest absolute Gasteiger partial charge is 0.385 e. The molecule has 2 fully saturated rings. The van der Waals surface area contributed by atoms with Gasteiger partial charge in [-0.2, -0.15) is 0 Å². The van der Waals surface area contributed by atoms with E-state index in [1.165, 1.54) is 108 Å². The van der Waals surface area contributed by atoms with E-state index in [4.69, 9.17) is 0 Å². The third-order valence-electron chi connectivity index (χ3n) is 9.09. The molecule has 0 heterocycles. The van der Waals surface area contributed by atoms with Crippen molar-refractivity contribution < 1.29 is 0 Å². The number of hydrogen-bond acceptors (Lipinski definition) is 1. The summed E-state index contributed by atoms with van der Waals surface area (Å²) in [6.07, 6.45) is 21.8. The number of hydrogen-bond donors (Lipinski definition) is 1. The monoisotopic (exact) mass is 425 g/mol. The molecule has 0 radical (unpaired) electrons. The van der Waals surface area contributed by atoms with E-state index in [-0.39, 0.29) is 0 Å². The van der Waals surface area contributed by atoms with Crippen LogP contribution in [0.25, 0.3) is 0 Å². The van der Waals surface area contributed by atoms with Crippen LogP contribution in [-0.2, 0) is 0 Å². The number of anilines is 1. The lowest BCUT2D eigenvalue weighted by Crippen LogP contribution is -2.36. The molecule has 1 unspecified atom stereocenters. The second-order valence-corrected chi connectivity index (χ2v) is 11.1. The van der Waals surface area contributed by atoms with Gasteiger partial charge in [-0.25, -0.2) is 0 Å². The van der Waals surface area contributed by atoms with E-state index in [1.807, 2.05) is 0 Å². The van der Waals surface area contributed by atoms with Crippen LogP contribution in [0, 0.1) is 24.2 Å². The van der Waals surface area contributed by atoms with Gasteiger partial charge in [0.1, 0.15) is 0 Å². The van der Waals surface area contributed by atoms with Gasteiger partial charge in [-0.15, -0.1) is 0 Å². The summed E-state index contributed by atoms with van der Waals surface area (Å²) in [5.74, 6) is 2.59. The highest BCUT2D eigenvalue weighted by Gasteiger charge is 2.41. The molecule has 176 valence electrons. The minimum Gasteiger partial charge on any atom is -0.385 e. The second-order valence-electron chi connectivity index (χ2n) is 11.1. The molecule has 1 N–H and O–H groups in total. The van der Waals surface area contributed by atoms with Crippen LogP contribution in [0.1, 0.15) is 134 Å². The highest BCUT2D eigenvalue weighted by molar-refractivity contribution is 5.49. The zero-order chi connectivity index (χ0) is 22.1. The predicted octanol–water partition coefficient (Wildman–Crippen LogP) is 9.65. The fraction of sp³-hybridized carbons (Fsp3) is 0.800. The van der Waals surface area contributed by atoms with Crippen molar-refractivity contribution in [1.29, 1.82) is 0 Å². The molecule has 0 saturated heterocycles. The molecule has 1 nitrogen and oxygen atoms in total. The Balaban J connectivity index is 1.58. The molecule has 2 aliphatic carbocycles. The van der Waals surface area contributed by atoms with E-state index in [2.05, 4.69) is 51.2 Å². The second kappa shape index (κ2) is 12.3.